The molecule has 2 atom stereocenters. The number of ketones is 1. The molecule has 32 heavy (non-hydrogen) atoms. The van der Waals surface area contributed by atoms with Gasteiger partial charge in [-0.3, -0.25) is 4.79 Å². The van der Waals surface area contributed by atoms with Gasteiger partial charge >= 0.3 is 0 Å². The average molecular weight is 448 g/mol. The summed E-state index contributed by atoms with van der Waals surface area (Å²) in [6.45, 7) is 9.29. The van der Waals surface area contributed by atoms with Crippen molar-refractivity contribution in [1.29, 1.82) is 0 Å². The predicted molar refractivity (Wildman–Crippen MR) is 134 cm³/mol. The number of aryl methyl sites for hydroxylation is 1. The van der Waals surface area contributed by atoms with Gasteiger partial charge in [0, 0.05) is 30.7 Å². The van der Waals surface area contributed by atoms with Crippen LogP contribution in [0.2, 0.25) is 0 Å². The summed E-state index contributed by atoms with van der Waals surface area (Å²) in [5.41, 5.74) is 5.48. The van der Waals surface area contributed by atoms with Crippen molar-refractivity contribution in [1.82, 2.24) is 4.57 Å². The molecule has 1 aliphatic carbocycles. The molecule has 3 aromatic rings. The molecule has 5 rings (SSSR count). The van der Waals surface area contributed by atoms with Gasteiger partial charge in [-0.1, -0.05) is 36.8 Å². The molecule has 1 aromatic carbocycles. The summed E-state index contributed by atoms with van der Waals surface area (Å²) >= 11 is 1.72. The Balaban J connectivity index is 1.57. The van der Waals surface area contributed by atoms with Crippen molar-refractivity contribution in [3.8, 4) is 0 Å². The SMILES string of the molecule is CCn1c(C(=O)C2=C(C)CC(CC3CCOCC3)C(C)c3ccccc32)cc2ccsc21. The van der Waals surface area contributed by atoms with Crippen LogP contribution in [0.3, 0.4) is 0 Å². The number of hydrogen-bond donors (Lipinski definition) is 0. The van der Waals surface area contributed by atoms with Crippen molar-refractivity contribution in [2.75, 3.05) is 13.2 Å². The Morgan fingerprint density at radius 1 is 1.19 bits per heavy atom. The zero-order valence-corrected chi connectivity index (χ0v) is 20.2. The Kier molecular flexibility index (Phi) is 6.09. The minimum absolute atomic E-state index is 0.180. The summed E-state index contributed by atoms with van der Waals surface area (Å²) in [6, 6.07) is 12.9. The van der Waals surface area contributed by atoms with Gasteiger partial charge in [-0.25, -0.2) is 0 Å². The highest BCUT2D eigenvalue weighted by Crippen LogP contribution is 2.44. The zero-order valence-electron chi connectivity index (χ0n) is 19.4. The standard InChI is InChI=1S/C28H33NO2S/c1-4-29-25(17-21-11-14-32-28(21)29)27(30)26-18(2)15-22(16-20-9-12-31-13-10-20)19(3)23-7-5-6-8-24(23)26/h5-8,11,14,17,19-20,22H,4,9-10,12-13,15-16H2,1-3H3. The van der Waals surface area contributed by atoms with E-state index in [4.69, 9.17) is 4.74 Å². The van der Waals surface area contributed by atoms with E-state index in [-0.39, 0.29) is 5.78 Å². The van der Waals surface area contributed by atoms with Crippen LogP contribution in [0.1, 0.15) is 74.0 Å². The van der Waals surface area contributed by atoms with Crippen LogP contribution < -0.4 is 0 Å². The molecule has 0 spiro atoms. The van der Waals surface area contributed by atoms with Crippen LogP contribution in [0.4, 0.5) is 0 Å². The third kappa shape index (κ3) is 3.78. The molecule has 0 N–H and O–H groups in total. The maximum absolute atomic E-state index is 14.1. The van der Waals surface area contributed by atoms with Crippen LogP contribution in [0.5, 0.6) is 0 Å². The third-order valence-electron chi connectivity index (χ3n) is 7.68. The first-order chi connectivity index (χ1) is 15.6. The second-order valence-corrected chi connectivity index (χ2v) is 10.5. The maximum atomic E-state index is 14.1. The molecule has 0 saturated carbocycles. The number of benzene rings is 1. The van der Waals surface area contributed by atoms with E-state index in [1.807, 2.05) is 0 Å². The van der Waals surface area contributed by atoms with Gasteiger partial charge in [-0.15, -0.1) is 11.3 Å². The minimum atomic E-state index is 0.180. The largest absolute Gasteiger partial charge is 0.381 e. The van der Waals surface area contributed by atoms with Gasteiger partial charge in [0.15, 0.2) is 0 Å². The molecule has 1 aliphatic heterocycles. The van der Waals surface area contributed by atoms with Gasteiger partial charge in [-0.05, 0) is 85.9 Å². The van der Waals surface area contributed by atoms with Crippen molar-refractivity contribution in [2.45, 2.75) is 58.9 Å². The summed E-state index contributed by atoms with van der Waals surface area (Å²) in [5.74, 6) is 1.92. The van der Waals surface area contributed by atoms with E-state index >= 15 is 0 Å². The van der Waals surface area contributed by atoms with Crippen LogP contribution in [0.15, 0.2) is 47.4 Å². The van der Waals surface area contributed by atoms with Crippen LogP contribution in [-0.4, -0.2) is 23.6 Å². The molecule has 2 unspecified atom stereocenters. The summed E-state index contributed by atoms with van der Waals surface area (Å²) < 4.78 is 7.79. The average Bonchev–Trinajstić information content (AvgIpc) is 3.38. The number of rotatable bonds is 5. The molecule has 0 radical (unpaired) electrons. The first-order valence-corrected chi connectivity index (χ1v) is 12.9. The summed E-state index contributed by atoms with van der Waals surface area (Å²) in [6.07, 6.45) is 4.55. The molecule has 168 valence electrons. The highest BCUT2D eigenvalue weighted by molar-refractivity contribution is 7.16. The molecule has 2 aromatic heterocycles. The normalized spacial score (nSPS) is 22.2. The molecule has 4 heteroatoms. The van der Waals surface area contributed by atoms with Gasteiger partial charge in [0.2, 0.25) is 5.78 Å². The summed E-state index contributed by atoms with van der Waals surface area (Å²) in [7, 11) is 0. The molecule has 0 amide bonds. The Labute approximate surface area is 195 Å². The topological polar surface area (TPSA) is 31.2 Å². The molecule has 1 saturated heterocycles. The van der Waals surface area contributed by atoms with E-state index in [1.165, 1.54) is 40.6 Å². The summed E-state index contributed by atoms with van der Waals surface area (Å²) in [4.78, 5) is 15.3. The van der Waals surface area contributed by atoms with Crippen LogP contribution in [0, 0.1) is 11.8 Å². The fourth-order valence-electron chi connectivity index (χ4n) is 5.90. The van der Waals surface area contributed by atoms with Gasteiger partial charge < -0.3 is 9.30 Å². The van der Waals surface area contributed by atoms with Crippen LogP contribution in [0.25, 0.3) is 15.8 Å². The van der Waals surface area contributed by atoms with Crippen molar-refractivity contribution < 1.29 is 9.53 Å². The summed E-state index contributed by atoms with van der Waals surface area (Å²) in [5, 5.41) is 3.28. The first kappa shape index (κ1) is 21.7. The van der Waals surface area contributed by atoms with Crippen LogP contribution >= 0.6 is 11.3 Å². The monoisotopic (exact) mass is 447 g/mol. The van der Waals surface area contributed by atoms with E-state index in [9.17, 15) is 4.79 Å². The number of allylic oxidation sites excluding steroid dienone is 2. The number of fused-ring (bicyclic) bond motifs is 2. The number of hydrogen-bond acceptors (Lipinski definition) is 3. The van der Waals surface area contributed by atoms with Gasteiger partial charge in [-0.2, -0.15) is 0 Å². The number of thiophene rings is 1. The quantitative estimate of drug-likeness (QED) is 0.384. The lowest BCUT2D eigenvalue weighted by molar-refractivity contribution is 0.0573. The Morgan fingerprint density at radius 3 is 2.75 bits per heavy atom. The fraction of sp³-hybridized carbons (Fsp3) is 0.464. The number of Topliss-reactive ketones (excluding diaryl/α,β-unsaturated/α-hetero) is 1. The Morgan fingerprint density at radius 2 is 1.97 bits per heavy atom. The number of carbonyl (C=O) groups is 1. The van der Waals surface area contributed by atoms with Crippen molar-refractivity contribution >= 4 is 32.9 Å². The number of carbonyl (C=O) groups excluding carboxylic acids is 1. The number of ether oxygens (including phenoxy) is 1. The Bertz CT molecular complexity index is 1160. The fourth-order valence-corrected chi connectivity index (χ4v) is 6.86. The predicted octanol–water partition coefficient (Wildman–Crippen LogP) is 7.32. The highest BCUT2D eigenvalue weighted by atomic mass is 32.1. The molecule has 2 aliphatic rings. The van der Waals surface area contributed by atoms with E-state index < -0.39 is 0 Å². The number of aromatic nitrogens is 1. The van der Waals surface area contributed by atoms with Crippen molar-refractivity contribution in [3.63, 3.8) is 0 Å². The van der Waals surface area contributed by atoms with Crippen LogP contribution in [-0.2, 0) is 11.3 Å². The van der Waals surface area contributed by atoms with E-state index in [1.54, 1.807) is 11.3 Å². The van der Waals surface area contributed by atoms with Gasteiger partial charge in [0.1, 0.15) is 4.83 Å². The van der Waals surface area contributed by atoms with E-state index in [2.05, 4.69) is 67.1 Å². The van der Waals surface area contributed by atoms with Gasteiger partial charge in [0.05, 0.1) is 5.69 Å². The van der Waals surface area contributed by atoms with Gasteiger partial charge in [0.25, 0.3) is 0 Å². The molecule has 1 fully saturated rings. The van der Waals surface area contributed by atoms with Crippen molar-refractivity contribution in [3.05, 3.63) is 64.2 Å². The molecular weight excluding hydrogens is 414 g/mol. The molecule has 3 heterocycles. The second kappa shape index (κ2) is 8.99. The Hall–Kier alpha value is -2.17. The minimum Gasteiger partial charge on any atom is -0.381 e. The maximum Gasteiger partial charge on any atom is 0.209 e. The lowest BCUT2D eigenvalue weighted by Crippen LogP contribution is -2.21. The smallest absolute Gasteiger partial charge is 0.209 e. The first-order valence-electron chi connectivity index (χ1n) is 12.1. The third-order valence-corrected chi connectivity index (χ3v) is 8.63. The molecular formula is C28H33NO2S. The molecule has 0 bridgehead atoms. The number of nitrogens with zero attached hydrogens (tertiary/aromatic N) is 1. The molecule has 3 nitrogen and oxygen atoms in total. The zero-order chi connectivity index (χ0) is 22.2. The van der Waals surface area contributed by atoms with E-state index in [0.717, 1.165) is 48.9 Å². The second-order valence-electron chi connectivity index (χ2n) is 9.57. The lowest BCUT2D eigenvalue weighted by atomic mass is 9.77. The van der Waals surface area contributed by atoms with E-state index in [0.29, 0.717) is 11.8 Å². The highest BCUT2D eigenvalue weighted by Gasteiger charge is 2.33. The lowest BCUT2D eigenvalue weighted by Gasteiger charge is -2.30. The van der Waals surface area contributed by atoms with Crippen molar-refractivity contribution in [2.24, 2.45) is 11.8 Å².